The zero-order valence-electron chi connectivity index (χ0n) is 13.8. The number of hydrogen-bond acceptors (Lipinski definition) is 2. The molecular formula is C16H25ClN3O2+. The SMILES string of the molecule is Cc1ccc(NC(=O)C[NH+](C)CC(=O)NC(C)(C)C)c(Cl)c1. The topological polar surface area (TPSA) is 62.6 Å². The van der Waals surface area contributed by atoms with E-state index < -0.39 is 0 Å². The molecule has 0 saturated carbocycles. The molecule has 0 bridgehead atoms. The van der Waals surface area contributed by atoms with Crippen molar-refractivity contribution in [3.05, 3.63) is 28.8 Å². The lowest BCUT2D eigenvalue weighted by atomic mass is 10.1. The molecule has 0 spiro atoms. The van der Waals surface area contributed by atoms with Crippen LogP contribution < -0.4 is 15.5 Å². The maximum Gasteiger partial charge on any atom is 0.279 e. The van der Waals surface area contributed by atoms with Gasteiger partial charge in [-0.3, -0.25) is 9.59 Å². The van der Waals surface area contributed by atoms with Crippen molar-refractivity contribution in [2.75, 3.05) is 25.5 Å². The molecule has 6 heteroatoms. The molecule has 1 unspecified atom stereocenters. The summed E-state index contributed by atoms with van der Waals surface area (Å²) in [6.45, 7) is 8.14. The van der Waals surface area contributed by atoms with Gasteiger partial charge in [-0.25, -0.2) is 0 Å². The zero-order valence-corrected chi connectivity index (χ0v) is 14.6. The first-order valence-corrected chi connectivity index (χ1v) is 7.63. The number of hydrogen-bond donors (Lipinski definition) is 3. The second kappa shape index (κ2) is 7.61. The number of carbonyl (C=O) groups excluding carboxylic acids is 2. The summed E-state index contributed by atoms with van der Waals surface area (Å²) in [5.74, 6) is -0.252. The van der Waals surface area contributed by atoms with E-state index in [9.17, 15) is 9.59 Å². The van der Waals surface area contributed by atoms with Gasteiger partial charge in [0.1, 0.15) is 0 Å². The number of nitrogens with one attached hydrogen (secondary N) is 3. The van der Waals surface area contributed by atoms with Crippen molar-refractivity contribution in [3.63, 3.8) is 0 Å². The Balaban J connectivity index is 2.49. The highest BCUT2D eigenvalue weighted by Gasteiger charge is 2.19. The third-order valence-corrected chi connectivity index (χ3v) is 3.15. The largest absolute Gasteiger partial charge is 0.347 e. The van der Waals surface area contributed by atoms with Crippen LogP contribution in [-0.4, -0.2) is 37.5 Å². The first kappa shape index (κ1) is 18.5. The van der Waals surface area contributed by atoms with Crippen molar-refractivity contribution in [2.24, 2.45) is 0 Å². The Kier molecular flexibility index (Phi) is 6.38. The molecule has 0 aliphatic rings. The van der Waals surface area contributed by atoms with E-state index in [0.29, 0.717) is 10.7 Å². The van der Waals surface area contributed by atoms with Crippen LogP contribution in [0.25, 0.3) is 0 Å². The molecule has 3 N–H and O–H groups in total. The number of benzene rings is 1. The van der Waals surface area contributed by atoms with E-state index in [4.69, 9.17) is 11.6 Å². The van der Waals surface area contributed by atoms with Crippen LogP contribution in [0.15, 0.2) is 18.2 Å². The van der Waals surface area contributed by atoms with Gasteiger partial charge in [-0.2, -0.15) is 0 Å². The van der Waals surface area contributed by atoms with E-state index in [1.54, 1.807) is 19.2 Å². The maximum absolute atomic E-state index is 12.0. The second-order valence-electron chi connectivity index (χ2n) is 6.64. The lowest BCUT2D eigenvalue weighted by Gasteiger charge is -2.21. The number of quaternary nitrogens is 1. The lowest BCUT2D eigenvalue weighted by molar-refractivity contribution is -0.862. The van der Waals surface area contributed by atoms with Crippen LogP contribution in [0.1, 0.15) is 26.3 Å². The first-order valence-electron chi connectivity index (χ1n) is 7.25. The molecule has 22 heavy (non-hydrogen) atoms. The van der Waals surface area contributed by atoms with Crippen LogP contribution in [0.4, 0.5) is 5.69 Å². The smallest absolute Gasteiger partial charge is 0.279 e. The van der Waals surface area contributed by atoms with Crippen molar-refractivity contribution < 1.29 is 14.5 Å². The Hall–Kier alpha value is -1.59. The van der Waals surface area contributed by atoms with Crippen molar-refractivity contribution >= 4 is 29.1 Å². The molecule has 2 amide bonds. The van der Waals surface area contributed by atoms with Crippen molar-refractivity contribution in [1.29, 1.82) is 0 Å². The Morgan fingerprint density at radius 1 is 1.18 bits per heavy atom. The fraction of sp³-hybridized carbons (Fsp3) is 0.500. The van der Waals surface area contributed by atoms with E-state index in [2.05, 4.69) is 10.6 Å². The summed E-state index contributed by atoms with van der Waals surface area (Å²) < 4.78 is 0. The normalized spacial score (nSPS) is 12.6. The molecule has 1 aromatic carbocycles. The molecule has 0 fully saturated rings. The average molecular weight is 327 g/mol. The van der Waals surface area contributed by atoms with Gasteiger partial charge in [0.2, 0.25) is 0 Å². The van der Waals surface area contributed by atoms with Crippen molar-refractivity contribution in [2.45, 2.75) is 33.2 Å². The van der Waals surface area contributed by atoms with Gasteiger partial charge in [0, 0.05) is 5.54 Å². The summed E-state index contributed by atoms with van der Waals surface area (Å²) in [5, 5.41) is 6.15. The van der Waals surface area contributed by atoms with Crippen LogP contribution in [0, 0.1) is 6.92 Å². The van der Waals surface area contributed by atoms with Gasteiger partial charge in [0.05, 0.1) is 17.8 Å². The number of amides is 2. The monoisotopic (exact) mass is 326 g/mol. The van der Waals surface area contributed by atoms with Crippen LogP contribution >= 0.6 is 11.6 Å². The highest BCUT2D eigenvalue weighted by Crippen LogP contribution is 2.22. The Morgan fingerprint density at radius 2 is 1.77 bits per heavy atom. The van der Waals surface area contributed by atoms with Gasteiger partial charge in [0.15, 0.2) is 13.1 Å². The summed E-state index contributed by atoms with van der Waals surface area (Å²) in [6, 6.07) is 5.45. The maximum atomic E-state index is 12.0. The minimum atomic E-state index is -0.269. The molecule has 0 aliphatic carbocycles. The van der Waals surface area contributed by atoms with E-state index in [1.807, 2.05) is 33.8 Å². The van der Waals surface area contributed by atoms with Gasteiger partial charge in [-0.05, 0) is 45.4 Å². The summed E-state index contributed by atoms with van der Waals surface area (Å²) in [6.07, 6.45) is 0. The van der Waals surface area contributed by atoms with E-state index >= 15 is 0 Å². The van der Waals surface area contributed by atoms with E-state index in [0.717, 1.165) is 10.5 Å². The second-order valence-corrected chi connectivity index (χ2v) is 7.05. The Morgan fingerprint density at radius 3 is 2.32 bits per heavy atom. The number of anilines is 1. The fourth-order valence-corrected chi connectivity index (χ4v) is 2.27. The molecule has 0 radical (unpaired) electrons. The molecule has 0 aliphatic heterocycles. The third kappa shape index (κ3) is 6.91. The zero-order chi connectivity index (χ0) is 16.9. The quantitative estimate of drug-likeness (QED) is 0.756. The number of halogens is 1. The third-order valence-electron chi connectivity index (χ3n) is 2.84. The molecule has 0 aromatic heterocycles. The van der Waals surface area contributed by atoms with Crippen molar-refractivity contribution in [3.8, 4) is 0 Å². The minimum absolute atomic E-state index is 0.0776. The molecule has 1 rings (SSSR count). The predicted molar refractivity (Wildman–Crippen MR) is 89.3 cm³/mol. The molecule has 5 nitrogen and oxygen atoms in total. The number of carbonyl (C=O) groups is 2. The molecule has 1 atom stereocenters. The fourth-order valence-electron chi connectivity index (χ4n) is 1.99. The summed E-state index contributed by atoms with van der Waals surface area (Å²) in [5.41, 5.74) is 1.35. The summed E-state index contributed by atoms with van der Waals surface area (Å²) >= 11 is 6.08. The Bertz CT molecular complexity index is 553. The number of rotatable bonds is 5. The molecule has 122 valence electrons. The molecule has 1 aromatic rings. The summed E-state index contributed by atoms with van der Waals surface area (Å²) in [4.78, 5) is 24.6. The molecule has 0 heterocycles. The average Bonchev–Trinajstić information content (AvgIpc) is 2.29. The highest BCUT2D eigenvalue weighted by atomic mass is 35.5. The Labute approximate surface area is 137 Å². The van der Waals surface area contributed by atoms with Crippen LogP contribution in [0.2, 0.25) is 5.02 Å². The molecule has 0 saturated heterocycles. The van der Waals surface area contributed by atoms with Gasteiger partial charge in [-0.15, -0.1) is 0 Å². The van der Waals surface area contributed by atoms with E-state index in [1.165, 1.54) is 0 Å². The lowest BCUT2D eigenvalue weighted by Crippen LogP contribution is -3.11. The van der Waals surface area contributed by atoms with Gasteiger partial charge >= 0.3 is 0 Å². The van der Waals surface area contributed by atoms with Gasteiger partial charge in [0.25, 0.3) is 11.8 Å². The van der Waals surface area contributed by atoms with Crippen LogP contribution in [0.5, 0.6) is 0 Å². The summed E-state index contributed by atoms with van der Waals surface area (Å²) in [7, 11) is 1.80. The molecular weight excluding hydrogens is 302 g/mol. The van der Waals surface area contributed by atoms with Crippen LogP contribution in [0.3, 0.4) is 0 Å². The highest BCUT2D eigenvalue weighted by molar-refractivity contribution is 6.33. The van der Waals surface area contributed by atoms with Gasteiger partial charge < -0.3 is 15.5 Å². The number of likely N-dealkylation sites (N-methyl/N-ethyl adjacent to an activating group) is 1. The minimum Gasteiger partial charge on any atom is -0.347 e. The first-order chi connectivity index (χ1) is 10.1. The van der Waals surface area contributed by atoms with Gasteiger partial charge in [-0.1, -0.05) is 17.7 Å². The van der Waals surface area contributed by atoms with Crippen LogP contribution in [-0.2, 0) is 9.59 Å². The van der Waals surface area contributed by atoms with E-state index in [-0.39, 0.29) is 30.4 Å². The van der Waals surface area contributed by atoms with Crippen molar-refractivity contribution in [1.82, 2.24) is 5.32 Å². The standard InChI is InChI=1S/C16H24ClN3O2/c1-11-6-7-13(12(17)8-11)18-14(21)9-20(5)10-15(22)19-16(2,3)4/h6-8H,9-10H2,1-5H3,(H,18,21)(H,19,22)/p+1. The predicted octanol–water partition coefficient (Wildman–Crippen LogP) is 1.02. The number of aryl methyl sites for hydroxylation is 1.